The lowest BCUT2D eigenvalue weighted by Crippen LogP contribution is -2.14. The van der Waals surface area contributed by atoms with Gasteiger partial charge in [0.2, 0.25) is 0 Å². The molecule has 1 nitrogen and oxygen atoms in total. The van der Waals surface area contributed by atoms with Crippen molar-refractivity contribution in [1.29, 1.82) is 0 Å². The van der Waals surface area contributed by atoms with Crippen molar-refractivity contribution in [2.75, 3.05) is 7.11 Å². The van der Waals surface area contributed by atoms with Crippen molar-refractivity contribution in [3.8, 4) is 0 Å². The number of aryl methyl sites for hydroxylation is 2. The van der Waals surface area contributed by atoms with Gasteiger partial charge in [0.1, 0.15) is 0 Å². The second-order valence-corrected chi connectivity index (χ2v) is 12.1. The van der Waals surface area contributed by atoms with Crippen molar-refractivity contribution < 1.29 is 5.11 Å². The van der Waals surface area contributed by atoms with Gasteiger partial charge in [-0.15, -0.1) is 0 Å². The van der Waals surface area contributed by atoms with E-state index in [4.69, 9.17) is 5.11 Å². The van der Waals surface area contributed by atoms with E-state index in [1.807, 2.05) is 0 Å². The summed E-state index contributed by atoms with van der Waals surface area (Å²) in [5.41, 5.74) is 16.5. The first-order valence-corrected chi connectivity index (χ1v) is 15.9. The number of hydrogen-bond acceptors (Lipinski definition) is 1. The van der Waals surface area contributed by atoms with Gasteiger partial charge in [-0.3, -0.25) is 0 Å². The fraction of sp³-hybridized carbons (Fsp3) is 0.450. The molecule has 0 heterocycles. The van der Waals surface area contributed by atoms with Gasteiger partial charge in [-0.05, 0) is 132 Å². The first-order chi connectivity index (χ1) is 19.9. The third-order valence-electron chi connectivity index (χ3n) is 8.73. The Balaban J connectivity index is 0.00000226. The normalized spacial score (nSPS) is 16.7. The van der Waals surface area contributed by atoms with Crippen LogP contribution in [0, 0.1) is 12.8 Å². The number of allylic oxidation sites excluding steroid dienone is 10. The largest absolute Gasteiger partial charge is 0.400 e. The number of aliphatic hydroxyl groups excluding tert-OH is 1. The minimum Gasteiger partial charge on any atom is -0.400 e. The standard InChI is InChI=1S/C39H50.CH4O/c1-7-14-31(6)38(35(27-33-18-13-19-33)26-23-32-16-9-8-10-17-32)39(34-24-21-29(4)22-25-34)37(28(2)3)36-20-12-11-15-30(36)5;1-2/h8-10,14,16-17,21-22,24-25,27,35H,7,11-13,15,18-20,23,26H2,1-6H3;2H,1H3/b31-14+,39-38+;. The van der Waals surface area contributed by atoms with E-state index >= 15 is 0 Å². The van der Waals surface area contributed by atoms with Crippen LogP contribution in [0.15, 0.2) is 106 Å². The Morgan fingerprint density at radius 2 is 1.46 bits per heavy atom. The molecule has 0 spiro atoms. The van der Waals surface area contributed by atoms with Gasteiger partial charge in [0, 0.05) is 13.0 Å². The van der Waals surface area contributed by atoms with Crippen LogP contribution in [-0.4, -0.2) is 12.2 Å². The molecule has 1 fully saturated rings. The maximum atomic E-state index is 7.00. The second kappa shape index (κ2) is 16.5. The van der Waals surface area contributed by atoms with Crippen LogP contribution in [0.25, 0.3) is 5.57 Å². The predicted molar refractivity (Wildman–Crippen MR) is 180 cm³/mol. The van der Waals surface area contributed by atoms with Crippen LogP contribution in [-0.2, 0) is 6.42 Å². The molecule has 0 saturated heterocycles. The molecule has 4 rings (SSSR count). The minimum atomic E-state index is 0.401. The summed E-state index contributed by atoms with van der Waals surface area (Å²) in [4.78, 5) is 0. The molecule has 1 heteroatoms. The second-order valence-electron chi connectivity index (χ2n) is 12.1. The van der Waals surface area contributed by atoms with E-state index in [1.165, 1.54) is 83.9 Å². The van der Waals surface area contributed by atoms with E-state index < -0.39 is 0 Å². The first-order valence-electron chi connectivity index (χ1n) is 15.9. The Morgan fingerprint density at radius 1 is 0.805 bits per heavy atom. The van der Waals surface area contributed by atoms with E-state index in [0.717, 1.165) is 26.4 Å². The van der Waals surface area contributed by atoms with Gasteiger partial charge in [0.05, 0.1) is 0 Å². The lowest BCUT2D eigenvalue weighted by atomic mass is 9.74. The zero-order valence-electron chi connectivity index (χ0n) is 26.9. The Morgan fingerprint density at radius 3 is 2.02 bits per heavy atom. The highest BCUT2D eigenvalue weighted by atomic mass is 16.2. The number of rotatable bonds is 10. The summed E-state index contributed by atoms with van der Waals surface area (Å²) in [5, 5.41) is 7.00. The molecule has 41 heavy (non-hydrogen) atoms. The Kier molecular flexibility index (Phi) is 13.1. The van der Waals surface area contributed by atoms with Gasteiger partial charge in [0.15, 0.2) is 0 Å². The average Bonchev–Trinajstić information content (AvgIpc) is 2.95. The zero-order chi connectivity index (χ0) is 29.8. The molecule has 2 aromatic rings. The molecule has 220 valence electrons. The predicted octanol–water partition coefficient (Wildman–Crippen LogP) is 11.3. The molecular formula is C40H54O. The van der Waals surface area contributed by atoms with E-state index in [2.05, 4.69) is 108 Å². The van der Waals surface area contributed by atoms with Crippen molar-refractivity contribution in [3.05, 3.63) is 122 Å². The monoisotopic (exact) mass is 550 g/mol. The molecule has 0 aliphatic heterocycles. The van der Waals surface area contributed by atoms with Gasteiger partial charge in [-0.1, -0.05) is 102 Å². The summed E-state index contributed by atoms with van der Waals surface area (Å²) in [5.74, 6) is 0.401. The average molecular weight is 551 g/mol. The summed E-state index contributed by atoms with van der Waals surface area (Å²) in [6, 6.07) is 20.5. The highest BCUT2D eigenvalue weighted by Crippen LogP contribution is 2.45. The summed E-state index contributed by atoms with van der Waals surface area (Å²) >= 11 is 0. The van der Waals surface area contributed by atoms with Gasteiger partial charge in [-0.2, -0.15) is 0 Å². The third-order valence-corrected chi connectivity index (χ3v) is 8.73. The van der Waals surface area contributed by atoms with Crippen LogP contribution in [0.5, 0.6) is 0 Å². The highest BCUT2D eigenvalue weighted by molar-refractivity contribution is 5.89. The maximum Gasteiger partial charge on any atom is 0.0319 e. The molecule has 2 aromatic carbocycles. The van der Waals surface area contributed by atoms with E-state index in [1.54, 1.807) is 22.3 Å². The molecule has 0 radical (unpaired) electrons. The summed E-state index contributed by atoms with van der Waals surface area (Å²) in [6.07, 6.45) is 17.4. The van der Waals surface area contributed by atoms with Crippen LogP contribution in [0.3, 0.4) is 0 Å². The van der Waals surface area contributed by atoms with Crippen LogP contribution >= 0.6 is 0 Å². The van der Waals surface area contributed by atoms with Gasteiger partial charge in [0.25, 0.3) is 0 Å². The fourth-order valence-electron chi connectivity index (χ4n) is 6.45. The van der Waals surface area contributed by atoms with E-state index in [0.29, 0.717) is 5.92 Å². The van der Waals surface area contributed by atoms with Crippen LogP contribution < -0.4 is 0 Å². The minimum absolute atomic E-state index is 0.401. The topological polar surface area (TPSA) is 20.2 Å². The molecule has 0 aromatic heterocycles. The third kappa shape index (κ3) is 8.79. The molecule has 1 N–H and O–H groups in total. The van der Waals surface area contributed by atoms with Crippen molar-refractivity contribution in [1.82, 2.24) is 0 Å². The number of hydrogen-bond donors (Lipinski definition) is 1. The molecule has 1 saturated carbocycles. The number of benzene rings is 2. The summed E-state index contributed by atoms with van der Waals surface area (Å²) in [6.45, 7) is 14.0. The molecular weight excluding hydrogens is 496 g/mol. The molecule has 2 aliphatic rings. The Hall–Kier alpha value is -2.90. The van der Waals surface area contributed by atoms with E-state index in [9.17, 15) is 0 Å². The number of aliphatic hydroxyl groups is 1. The van der Waals surface area contributed by atoms with Crippen LogP contribution in [0.2, 0.25) is 0 Å². The van der Waals surface area contributed by atoms with Gasteiger partial charge < -0.3 is 5.11 Å². The van der Waals surface area contributed by atoms with Crippen LogP contribution in [0.4, 0.5) is 0 Å². The Bertz CT molecular complexity index is 1270. The fourth-order valence-corrected chi connectivity index (χ4v) is 6.45. The van der Waals surface area contributed by atoms with E-state index in [-0.39, 0.29) is 0 Å². The first kappa shape index (κ1) is 32.6. The molecule has 1 unspecified atom stereocenters. The quantitative estimate of drug-likeness (QED) is 0.230. The Labute approximate surface area is 251 Å². The molecule has 0 amide bonds. The lowest BCUT2D eigenvalue weighted by molar-refractivity contribution is 0.399. The molecule has 0 bridgehead atoms. The van der Waals surface area contributed by atoms with Crippen LogP contribution in [0.1, 0.15) is 109 Å². The van der Waals surface area contributed by atoms with Crippen molar-refractivity contribution >= 4 is 5.57 Å². The van der Waals surface area contributed by atoms with Gasteiger partial charge in [-0.25, -0.2) is 0 Å². The summed E-state index contributed by atoms with van der Waals surface area (Å²) in [7, 11) is 1.00. The summed E-state index contributed by atoms with van der Waals surface area (Å²) < 4.78 is 0. The molecule has 2 aliphatic carbocycles. The van der Waals surface area contributed by atoms with Crippen molar-refractivity contribution in [2.24, 2.45) is 5.92 Å². The van der Waals surface area contributed by atoms with Gasteiger partial charge >= 0.3 is 0 Å². The van der Waals surface area contributed by atoms with Crippen molar-refractivity contribution in [2.45, 2.75) is 106 Å². The zero-order valence-corrected chi connectivity index (χ0v) is 26.9. The SMILES string of the molecule is CC/C=C(C)/C(=C(\C(=C(C)C)C1=C(C)CCCC1)c1ccc(C)cc1)C(C=C1CCC1)CCc1ccccc1.CO. The smallest absolute Gasteiger partial charge is 0.0319 e. The highest BCUT2D eigenvalue weighted by Gasteiger charge is 2.27. The van der Waals surface area contributed by atoms with Crippen molar-refractivity contribution in [3.63, 3.8) is 0 Å². The maximum absolute atomic E-state index is 7.00. The molecule has 1 atom stereocenters. The lowest BCUT2D eigenvalue weighted by Gasteiger charge is -2.31.